The average Bonchev–Trinajstić information content (AvgIpc) is 2.54. The first-order valence-electron chi connectivity index (χ1n) is 8.26. The first-order chi connectivity index (χ1) is 10.7. The average molecular weight is 295 g/mol. The molecule has 1 aliphatic carbocycles. The highest BCUT2D eigenvalue weighted by molar-refractivity contribution is 5.38. The summed E-state index contributed by atoms with van der Waals surface area (Å²) in [5, 5.41) is 9.66. The third kappa shape index (κ3) is 3.69. The van der Waals surface area contributed by atoms with E-state index in [0.717, 1.165) is 25.9 Å². The van der Waals surface area contributed by atoms with Gasteiger partial charge in [-0.2, -0.15) is 0 Å². The van der Waals surface area contributed by atoms with Crippen molar-refractivity contribution in [1.29, 1.82) is 0 Å². The van der Waals surface area contributed by atoms with E-state index in [1.54, 1.807) is 0 Å². The van der Waals surface area contributed by atoms with Gasteiger partial charge in [-0.05, 0) is 67.5 Å². The van der Waals surface area contributed by atoms with Crippen LogP contribution in [0.25, 0.3) is 0 Å². The Bertz CT molecular complexity index is 608. The van der Waals surface area contributed by atoms with Crippen LogP contribution in [0, 0.1) is 0 Å². The van der Waals surface area contributed by atoms with Crippen LogP contribution in [-0.4, -0.2) is 30.1 Å². The molecule has 2 nitrogen and oxygen atoms in total. The highest BCUT2D eigenvalue weighted by atomic mass is 16.3. The van der Waals surface area contributed by atoms with E-state index in [-0.39, 0.29) is 0 Å². The van der Waals surface area contributed by atoms with Crippen LogP contribution in [-0.2, 0) is 12.8 Å². The molecule has 0 spiro atoms. The number of hydrogen-bond donors (Lipinski definition) is 1. The lowest BCUT2D eigenvalue weighted by Crippen LogP contribution is -2.28. The summed E-state index contributed by atoms with van der Waals surface area (Å²) >= 11 is 0. The highest BCUT2D eigenvalue weighted by Crippen LogP contribution is 2.33. The Morgan fingerprint density at radius 1 is 1.14 bits per heavy atom. The van der Waals surface area contributed by atoms with Crippen LogP contribution in [0.1, 0.15) is 35.4 Å². The van der Waals surface area contributed by atoms with Crippen LogP contribution < -0.4 is 0 Å². The van der Waals surface area contributed by atoms with Gasteiger partial charge >= 0.3 is 0 Å². The zero-order chi connectivity index (χ0) is 15.4. The van der Waals surface area contributed by atoms with E-state index in [4.69, 9.17) is 0 Å². The zero-order valence-electron chi connectivity index (χ0n) is 13.3. The summed E-state index contributed by atoms with van der Waals surface area (Å²) in [6, 6.07) is 16.6. The SMILES string of the molecule is CN(CCc1ccccc1)C[C@H]1CCCc2cc(O)ccc21. The summed E-state index contributed by atoms with van der Waals surface area (Å²) in [7, 11) is 2.22. The number of aromatic hydroxyl groups is 1. The minimum Gasteiger partial charge on any atom is -0.508 e. The standard InChI is InChI=1S/C20H25NO/c1-21(13-12-16-6-3-2-4-7-16)15-18-9-5-8-17-14-19(22)10-11-20(17)18/h2-4,6-7,10-11,14,18,22H,5,8-9,12-13,15H2,1H3/t18-/m1/s1. The fourth-order valence-electron chi connectivity index (χ4n) is 3.52. The molecule has 0 amide bonds. The van der Waals surface area contributed by atoms with Gasteiger partial charge in [0.25, 0.3) is 0 Å². The molecule has 1 aliphatic rings. The molecule has 0 aromatic heterocycles. The number of benzene rings is 2. The van der Waals surface area contributed by atoms with Gasteiger partial charge in [0.1, 0.15) is 5.75 Å². The predicted octanol–water partition coefficient (Wildman–Crippen LogP) is 3.99. The molecule has 3 rings (SSSR count). The fraction of sp³-hybridized carbons (Fsp3) is 0.400. The molecule has 0 heterocycles. The normalized spacial score (nSPS) is 17.5. The highest BCUT2D eigenvalue weighted by Gasteiger charge is 2.21. The molecular weight excluding hydrogens is 270 g/mol. The van der Waals surface area contributed by atoms with Crippen molar-refractivity contribution < 1.29 is 5.11 Å². The summed E-state index contributed by atoms with van der Waals surface area (Å²) in [5.41, 5.74) is 4.19. The topological polar surface area (TPSA) is 23.5 Å². The number of phenolic OH excluding ortho intramolecular Hbond substituents is 1. The smallest absolute Gasteiger partial charge is 0.115 e. The van der Waals surface area contributed by atoms with E-state index >= 15 is 0 Å². The number of aryl methyl sites for hydroxylation is 1. The Kier molecular flexibility index (Phi) is 4.79. The van der Waals surface area contributed by atoms with Crippen LogP contribution in [0.2, 0.25) is 0 Å². The van der Waals surface area contributed by atoms with Crippen molar-refractivity contribution in [2.75, 3.05) is 20.1 Å². The van der Waals surface area contributed by atoms with E-state index in [1.807, 2.05) is 12.1 Å². The monoisotopic (exact) mass is 295 g/mol. The van der Waals surface area contributed by atoms with Crippen LogP contribution in [0.15, 0.2) is 48.5 Å². The molecular formula is C20H25NO. The number of hydrogen-bond acceptors (Lipinski definition) is 2. The van der Waals surface area contributed by atoms with Gasteiger partial charge in [0.05, 0.1) is 0 Å². The second-order valence-electron chi connectivity index (χ2n) is 6.47. The Balaban J connectivity index is 1.59. The van der Waals surface area contributed by atoms with Gasteiger partial charge in [0.15, 0.2) is 0 Å². The number of fused-ring (bicyclic) bond motifs is 1. The van der Waals surface area contributed by atoms with E-state index in [2.05, 4.69) is 48.3 Å². The third-order valence-electron chi connectivity index (χ3n) is 4.72. The first-order valence-corrected chi connectivity index (χ1v) is 8.26. The lowest BCUT2D eigenvalue weighted by atomic mass is 9.82. The maximum Gasteiger partial charge on any atom is 0.115 e. The maximum absolute atomic E-state index is 9.66. The van der Waals surface area contributed by atoms with Crippen molar-refractivity contribution in [3.63, 3.8) is 0 Å². The summed E-state index contributed by atoms with van der Waals surface area (Å²) in [4.78, 5) is 2.44. The van der Waals surface area contributed by atoms with E-state index in [1.165, 1.54) is 29.5 Å². The van der Waals surface area contributed by atoms with Crippen LogP contribution >= 0.6 is 0 Å². The fourth-order valence-corrected chi connectivity index (χ4v) is 3.52. The third-order valence-corrected chi connectivity index (χ3v) is 4.72. The molecule has 0 saturated heterocycles. The van der Waals surface area contributed by atoms with Crippen molar-refractivity contribution in [2.24, 2.45) is 0 Å². The van der Waals surface area contributed by atoms with Gasteiger partial charge in [0.2, 0.25) is 0 Å². The number of rotatable bonds is 5. The zero-order valence-corrected chi connectivity index (χ0v) is 13.3. The summed E-state index contributed by atoms with van der Waals surface area (Å²) in [6.07, 6.45) is 4.70. The second kappa shape index (κ2) is 6.97. The Hall–Kier alpha value is -1.80. The maximum atomic E-state index is 9.66. The lowest BCUT2D eigenvalue weighted by Gasteiger charge is -2.29. The van der Waals surface area contributed by atoms with Gasteiger partial charge in [-0.15, -0.1) is 0 Å². The molecule has 0 radical (unpaired) electrons. The lowest BCUT2D eigenvalue weighted by molar-refractivity contribution is 0.301. The Morgan fingerprint density at radius 2 is 1.95 bits per heavy atom. The molecule has 22 heavy (non-hydrogen) atoms. The molecule has 0 bridgehead atoms. The summed E-state index contributed by atoms with van der Waals surface area (Å²) in [6.45, 7) is 2.19. The number of likely N-dealkylation sites (N-methyl/N-ethyl adjacent to an activating group) is 1. The number of nitrogens with zero attached hydrogens (tertiary/aromatic N) is 1. The quantitative estimate of drug-likeness (QED) is 0.901. The van der Waals surface area contributed by atoms with Gasteiger partial charge in [-0.3, -0.25) is 0 Å². The minimum atomic E-state index is 0.400. The molecule has 2 aromatic rings. The van der Waals surface area contributed by atoms with E-state index in [9.17, 15) is 5.11 Å². The van der Waals surface area contributed by atoms with Gasteiger partial charge in [0, 0.05) is 13.1 Å². The van der Waals surface area contributed by atoms with Gasteiger partial charge in [-0.25, -0.2) is 0 Å². The largest absolute Gasteiger partial charge is 0.508 e. The van der Waals surface area contributed by atoms with Crippen LogP contribution in [0.3, 0.4) is 0 Å². The van der Waals surface area contributed by atoms with Gasteiger partial charge < -0.3 is 10.0 Å². The molecule has 2 aromatic carbocycles. The first kappa shape index (κ1) is 15.1. The van der Waals surface area contributed by atoms with Crippen molar-refractivity contribution in [3.05, 3.63) is 65.2 Å². The molecule has 1 atom stereocenters. The second-order valence-corrected chi connectivity index (χ2v) is 6.47. The van der Waals surface area contributed by atoms with Crippen molar-refractivity contribution >= 4 is 0 Å². The molecule has 1 N–H and O–H groups in total. The minimum absolute atomic E-state index is 0.400. The number of phenols is 1. The van der Waals surface area contributed by atoms with E-state index in [0.29, 0.717) is 11.7 Å². The molecule has 0 unspecified atom stereocenters. The Labute approximate surface area is 133 Å². The molecule has 2 heteroatoms. The van der Waals surface area contributed by atoms with Crippen molar-refractivity contribution in [3.8, 4) is 5.75 Å². The van der Waals surface area contributed by atoms with Crippen LogP contribution in [0.4, 0.5) is 0 Å². The Morgan fingerprint density at radius 3 is 2.77 bits per heavy atom. The summed E-state index contributed by atoms with van der Waals surface area (Å²) < 4.78 is 0. The molecule has 0 aliphatic heterocycles. The predicted molar refractivity (Wildman–Crippen MR) is 91.4 cm³/mol. The van der Waals surface area contributed by atoms with Crippen LogP contribution in [0.5, 0.6) is 5.75 Å². The summed E-state index contributed by atoms with van der Waals surface area (Å²) in [5.74, 6) is 1.00. The van der Waals surface area contributed by atoms with Gasteiger partial charge in [-0.1, -0.05) is 36.4 Å². The molecule has 116 valence electrons. The molecule has 0 fully saturated rings. The van der Waals surface area contributed by atoms with Crippen molar-refractivity contribution in [2.45, 2.75) is 31.6 Å². The molecule has 0 saturated carbocycles. The van der Waals surface area contributed by atoms with Crippen molar-refractivity contribution in [1.82, 2.24) is 4.90 Å². The van der Waals surface area contributed by atoms with E-state index < -0.39 is 0 Å².